The second-order valence-corrected chi connectivity index (χ2v) is 8.83. The standard InChI is InChI=1S/C17H14ClF4N5O3S/c1-26(31(29,30)12-4-2-11(19)3-5-12)9-15(28)23-7-14-24-25-16-13(18)6-10(8-27(14)16)17(20,21)22/h2-6,8H,7,9H2,1H3,(H,23,28). The first-order chi connectivity index (χ1) is 14.4. The van der Waals surface area contributed by atoms with Crippen LogP contribution in [-0.4, -0.2) is 46.8 Å². The van der Waals surface area contributed by atoms with Crippen molar-refractivity contribution in [3.05, 3.63) is 58.8 Å². The van der Waals surface area contributed by atoms with Crippen molar-refractivity contribution in [3.63, 3.8) is 0 Å². The van der Waals surface area contributed by atoms with Gasteiger partial charge in [0.2, 0.25) is 15.9 Å². The van der Waals surface area contributed by atoms with Gasteiger partial charge >= 0.3 is 6.18 Å². The van der Waals surface area contributed by atoms with E-state index in [9.17, 15) is 30.8 Å². The quantitative estimate of drug-likeness (QED) is 0.548. The Kier molecular flexibility index (Phi) is 6.21. The molecule has 0 spiro atoms. The van der Waals surface area contributed by atoms with Crippen molar-refractivity contribution >= 4 is 33.2 Å². The molecule has 3 aromatic rings. The Hall–Kier alpha value is -2.77. The van der Waals surface area contributed by atoms with E-state index in [-0.39, 0.29) is 27.9 Å². The van der Waals surface area contributed by atoms with E-state index >= 15 is 0 Å². The van der Waals surface area contributed by atoms with Gasteiger partial charge in [-0.25, -0.2) is 12.8 Å². The molecule has 3 rings (SSSR count). The Balaban J connectivity index is 1.71. The van der Waals surface area contributed by atoms with E-state index in [1.54, 1.807) is 0 Å². The maximum Gasteiger partial charge on any atom is 0.417 e. The second kappa shape index (κ2) is 8.40. The smallest absolute Gasteiger partial charge is 0.348 e. The molecular formula is C17H14ClF4N5O3S. The topological polar surface area (TPSA) is 96.7 Å². The minimum atomic E-state index is -4.65. The van der Waals surface area contributed by atoms with Gasteiger partial charge in [-0.3, -0.25) is 9.20 Å². The first kappa shape index (κ1) is 22.9. The molecule has 1 aromatic carbocycles. The minimum absolute atomic E-state index is 0.0325. The molecule has 0 fully saturated rings. The highest BCUT2D eigenvalue weighted by Crippen LogP contribution is 2.32. The summed E-state index contributed by atoms with van der Waals surface area (Å²) in [5.74, 6) is -1.41. The van der Waals surface area contributed by atoms with Gasteiger partial charge < -0.3 is 5.32 Å². The van der Waals surface area contributed by atoms with Crippen LogP contribution in [0.25, 0.3) is 5.65 Å². The highest BCUT2D eigenvalue weighted by molar-refractivity contribution is 7.89. The summed E-state index contributed by atoms with van der Waals surface area (Å²) in [7, 11) is -2.90. The number of carbonyl (C=O) groups is 1. The Morgan fingerprint density at radius 1 is 1.23 bits per heavy atom. The number of hydrogen-bond acceptors (Lipinski definition) is 5. The van der Waals surface area contributed by atoms with Crippen LogP contribution in [0.1, 0.15) is 11.4 Å². The lowest BCUT2D eigenvalue weighted by atomic mass is 10.3. The number of likely N-dealkylation sites (N-methyl/N-ethyl adjacent to an activating group) is 1. The number of aromatic nitrogens is 3. The summed E-state index contributed by atoms with van der Waals surface area (Å²) in [5, 5.41) is 9.50. The second-order valence-electron chi connectivity index (χ2n) is 6.38. The fraction of sp³-hybridized carbons (Fsp3) is 0.235. The van der Waals surface area contributed by atoms with Gasteiger partial charge in [0.05, 0.1) is 28.6 Å². The van der Waals surface area contributed by atoms with Gasteiger partial charge in [0.1, 0.15) is 5.82 Å². The van der Waals surface area contributed by atoms with E-state index in [4.69, 9.17) is 11.6 Å². The van der Waals surface area contributed by atoms with Gasteiger partial charge in [-0.1, -0.05) is 11.6 Å². The number of alkyl halides is 3. The van der Waals surface area contributed by atoms with Crippen molar-refractivity contribution in [1.29, 1.82) is 0 Å². The van der Waals surface area contributed by atoms with Crippen LogP contribution >= 0.6 is 11.6 Å². The van der Waals surface area contributed by atoms with Crippen molar-refractivity contribution in [2.45, 2.75) is 17.6 Å². The maximum absolute atomic E-state index is 13.0. The van der Waals surface area contributed by atoms with Crippen molar-refractivity contribution in [3.8, 4) is 0 Å². The molecule has 0 saturated heterocycles. The number of sulfonamides is 1. The van der Waals surface area contributed by atoms with E-state index in [2.05, 4.69) is 15.5 Å². The average Bonchev–Trinajstić information content (AvgIpc) is 3.09. The zero-order chi connectivity index (χ0) is 23.0. The van der Waals surface area contributed by atoms with Crippen molar-refractivity contribution in [2.75, 3.05) is 13.6 Å². The number of hydrogen-bond donors (Lipinski definition) is 1. The molecule has 0 saturated carbocycles. The first-order valence-corrected chi connectivity index (χ1v) is 10.3. The molecule has 31 heavy (non-hydrogen) atoms. The van der Waals surface area contributed by atoms with E-state index in [0.717, 1.165) is 46.2 Å². The Morgan fingerprint density at radius 2 is 1.87 bits per heavy atom. The van der Waals surface area contributed by atoms with Gasteiger partial charge in [-0.15, -0.1) is 10.2 Å². The van der Waals surface area contributed by atoms with Crippen LogP contribution in [0.4, 0.5) is 17.6 Å². The number of pyridine rings is 1. The van der Waals surface area contributed by atoms with Crippen molar-refractivity contribution in [1.82, 2.24) is 24.2 Å². The fourth-order valence-electron chi connectivity index (χ4n) is 2.58. The molecule has 0 bridgehead atoms. The minimum Gasteiger partial charge on any atom is -0.348 e. The van der Waals surface area contributed by atoms with Gasteiger partial charge in [0.15, 0.2) is 11.5 Å². The third-order valence-corrected chi connectivity index (χ3v) is 6.29. The summed E-state index contributed by atoms with van der Waals surface area (Å²) >= 11 is 5.82. The zero-order valence-electron chi connectivity index (χ0n) is 15.7. The predicted octanol–water partition coefficient (Wildman–Crippen LogP) is 2.48. The van der Waals surface area contributed by atoms with Crippen molar-refractivity contribution < 1.29 is 30.8 Å². The predicted molar refractivity (Wildman–Crippen MR) is 101 cm³/mol. The Labute approximate surface area is 178 Å². The number of halogens is 5. The summed E-state index contributed by atoms with van der Waals surface area (Å²) in [5.41, 5.74) is -1.06. The summed E-state index contributed by atoms with van der Waals surface area (Å²) in [6, 6.07) is 4.77. The molecule has 8 nitrogen and oxygen atoms in total. The summed E-state index contributed by atoms with van der Waals surface area (Å²) < 4.78 is 78.6. The zero-order valence-corrected chi connectivity index (χ0v) is 17.3. The molecule has 2 heterocycles. The van der Waals surface area contributed by atoms with E-state index in [1.807, 2.05) is 0 Å². The van der Waals surface area contributed by atoms with Crippen LogP contribution in [0.3, 0.4) is 0 Å². The molecule has 0 aliphatic carbocycles. The number of amides is 1. The number of benzene rings is 1. The fourth-order valence-corrected chi connectivity index (χ4v) is 3.96. The summed E-state index contributed by atoms with van der Waals surface area (Å²) in [6.45, 7) is -0.924. The van der Waals surface area contributed by atoms with E-state index in [0.29, 0.717) is 6.07 Å². The monoisotopic (exact) mass is 479 g/mol. The molecule has 2 aromatic heterocycles. The van der Waals surface area contributed by atoms with E-state index < -0.39 is 40.0 Å². The van der Waals surface area contributed by atoms with Gasteiger partial charge in [-0.2, -0.15) is 17.5 Å². The average molecular weight is 480 g/mol. The normalized spacial score (nSPS) is 12.5. The Morgan fingerprint density at radius 3 is 2.48 bits per heavy atom. The van der Waals surface area contributed by atoms with Crippen LogP contribution in [-0.2, 0) is 27.5 Å². The molecule has 166 valence electrons. The Bertz CT molecular complexity index is 1230. The van der Waals surface area contributed by atoms with Crippen LogP contribution < -0.4 is 5.32 Å². The maximum atomic E-state index is 13.0. The number of carbonyl (C=O) groups excluding carboxylic acids is 1. The molecular weight excluding hydrogens is 466 g/mol. The van der Waals surface area contributed by atoms with Gasteiger partial charge in [0.25, 0.3) is 0 Å². The summed E-state index contributed by atoms with van der Waals surface area (Å²) in [6.07, 6.45) is -3.91. The third-order valence-electron chi connectivity index (χ3n) is 4.19. The molecule has 1 amide bonds. The molecule has 0 aliphatic rings. The highest BCUT2D eigenvalue weighted by Gasteiger charge is 2.32. The lowest BCUT2D eigenvalue weighted by molar-refractivity contribution is -0.137. The summed E-state index contributed by atoms with van der Waals surface area (Å²) in [4.78, 5) is 12.0. The third kappa shape index (κ3) is 4.94. The molecule has 0 unspecified atom stereocenters. The molecule has 0 atom stereocenters. The van der Waals surface area contributed by atoms with Gasteiger partial charge in [-0.05, 0) is 30.3 Å². The molecule has 14 heteroatoms. The van der Waals surface area contributed by atoms with Crippen LogP contribution in [0.5, 0.6) is 0 Å². The van der Waals surface area contributed by atoms with Crippen LogP contribution in [0.15, 0.2) is 41.4 Å². The largest absolute Gasteiger partial charge is 0.417 e. The van der Waals surface area contributed by atoms with E-state index in [1.165, 1.54) is 0 Å². The lowest BCUT2D eigenvalue weighted by Crippen LogP contribution is -2.38. The first-order valence-electron chi connectivity index (χ1n) is 8.48. The number of fused-ring (bicyclic) bond motifs is 1. The number of nitrogens with one attached hydrogen (secondary N) is 1. The lowest BCUT2D eigenvalue weighted by Gasteiger charge is -2.16. The molecule has 0 aliphatic heterocycles. The van der Waals surface area contributed by atoms with Crippen LogP contribution in [0.2, 0.25) is 5.02 Å². The van der Waals surface area contributed by atoms with Crippen LogP contribution in [0, 0.1) is 5.82 Å². The van der Waals surface area contributed by atoms with Crippen molar-refractivity contribution in [2.24, 2.45) is 0 Å². The van der Waals surface area contributed by atoms with Gasteiger partial charge in [0, 0.05) is 13.2 Å². The highest BCUT2D eigenvalue weighted by atomic mass is 35.5. The number of rotatable bonds is 6. The molecule has 0 radical (unpaired) electrons. The number of nitrogens with zero attached hydrogens (tertiary/aromatic N) is 4. The molecule has 1 N–H and O–H groups in total. The SMILES string of the molecule is CN(CC(=O)NCc1nnc2c(Cl)cc(C(F)(F)F)cn12)S(=O)(=O)c1ccc(F)cc1.